The summed E-state index contributed by atoms with van der Waals surface area (Å²) in [7, 11) is -30.1. The van der Waals surface area contributed by atoms with Crippen LogP contribution >= 0.6 is 0 Å². The van der Waals surface area contributed by atoms with Crippen molar-refractivity contribution < 1.29 is 104 Å². The molecule has 0 rings (SSSR count). The van der Waals surface area contributed by atoms with Gasteiger partial charge in [0, 0.05) is 0 Å². The minimum absolute atomic E-state index is 0. The number of rotatable bonds is 9. The highest BCUT2D eigenvalue weighted by molar-refractivity contribution is 7.83. The fourth-order valence-electron chi connectivity index (χ4n) is 0.211. The first-order valence-corrected chi connectivity index (χ1v) is 12.8. The lowest BCUT2D eigenvalue weighted by Crippen LogP contribution is -2.10. The van der Waals surface area contributed by atoms with E-state index in [9.17, 15) is 50.5 Å². The van der Waals surface area contributed by atoms with E-state index in [4.69, 9.17) is 27.3 Å². The van der Waals surface area contributed by atoms with Crippen molar-refractivity contribution in [3.05, 3.63) is 0 Å². The van der Waals surface area contributed by atoms with Crippen molar-refractivity contribution in [2.24, 2.45) is 0 Å². The van der Waals surface area contributed by atoms with E-state index < -0.39 is 62.4 Å². The average Bonchev–Trinajstić information content (AvgIpc) is 2.38. The standard InChI is InChI=1S/3H3N.3H2O8S2/c;;;3*1-9(2,3)7-8-10(4,5)6/h3*1H3;3*(H,1,2,3)(H,4,5,6). The van der Waals surface area contributed by atoms with Gasteiger partial charge in [0.2, 0.25) is 0 Å². The molecule has 0 aliphatic rings. The average molecular weight is 634 g/mol. The minimum atomic E-state index is -5.02. The molecule has 0 bridgehead atoms. The topological polar surface area (TPSA) is 487 Å². The summed E-state index contributed by atoms with van der Waals surface area (Å²) in [5, 5.41) is 0. The molecule has 0 aliphatic carbocycles. The van der Waals surface area contributed by atoms with Gasteiger partial charge in [0.15, 0.2) is 0 Å². The molecule has 0 fully saturated rings. The molecule has 0 saturated carbocycles. The summed E-state index contributed by atoms with van der Waals surface area (Å²) in [4.78, 5) is 0. The lowest BCUT2D eigenvalue weighted by molar-refractivity contribution is -0.105. The Morgan fingerprint density at radius 1 is 0.273 bits per heavy atom. The molecule has 0 amide bonds. The van der Waals surface area contributed by atoms with Crippen LogP contribution in [0.25, 0.3) is 0 Å². The van der Waals surface area contributed by atoms with E-state index in [0.29, 0.717) is 0 Å². The van der Waals surface area contributed by atoms with Crippen LogP contribution in [0.15, 0.2) is 0 Å². The molecule has 0 atom stereocenters. The second-order valence-electron chi connectivity index (χ2n) is 2.97. The maximum absolute atomic E-state index is 9.51. The summed E-state index contributed by atoms with van der Waals surface area (Å²) in [6, 6.07) is 0. The van der Waals surface area contributed by atoms with Crippen molar-refractivity contribution in [3.63, 3.8) is 0 Å². The maximum Gasteiger partial charge on any atom is 0.425 e. The van der Waals surface area contributed by atoms with Gasteiger partial charge in [-0.15, -0.1) is 0 Å². The van der Waals surface area contributed by atoms with Crippen LogP contribution in [0.3, 0.4) is 0 Å². The molecule has 0 heterocycles. The first kappa shape index (κ1) is 45.6. The molecule has 0 spiro atoms. The van der Waals surface area contributed by atoms with Crippen molar-refractivity contribution in [1.29, 1.82) is 0 Å². The van der Waals surface area contributed by atoms with Gasteiger partial charge in [-0.25, -0.2) is 0 Å². The van der Waals surface area contributed by atoms with E-state index in [1.807, 2.05) is 0 Å². The van der Waals surface area contributed by atoms with E-state index >= 15 is 0 Å². The van der Waals surface area contributed by atoms with E-state index in [1.54, 1.807) is 0 Å². The third-order valence-corrected chi connectivity index (χ3v) is 2.30. The van der Waals surface area contributed by atoms with Gasteiger partial charge in [0.05, 0.1) is 0 Å². The smallest absolute Gasteiger partial charge is 0.344 e. The largest absolute Gasteiger partial charge is 0.425 e. The van der Waals surface area contributed by atoms with Gasteiger partial charge in [-0.05, 0) is 0 Å². The van der Waals surface area contributed by atoms with Gasteiger partial charge >= 0.3 is 62.4 Å². The van der Waals surface area contributed by atoms with Crippen LogP contribution in [0.4, 0.5) is 0 Å². The second kappa shape index (κ2) is 16.7. The minimum Gasteiger partial charge on any atom is -0.344 e. The van der Waals surface area contributed by atoms with Crippen molar-refractivity contribution in [1.82, 2.24) is 18.5 Å². The Hall–Kier alpha value is -0.900. The van der Waals surface area contributed by atoms with Gasteiger partial charge in [0.1, 0.15) is 0 Å². The van der Waals surface area contributed by atoms with Gasteiger partial charge in [0.25, 0.3) is 0 Å². The van der Waals surface area contributed by atoms with Gasteiger partial charge in [-0.2, -0.15) is 50.5 Å². The lowest BCUT2D eigenvalue weighted by Gasteiger charge is -1.92. The maximum atomic E-state index is 9.51. The van der Waals surface area contributed by atoms with E-state index in [0.717, 1.165) is 0 Å². The summed E-state index contributed by atoms with van der Waals surface area (Å²) in [5.41, 5.74) is 0. The molecule has 27 nitrogen and oxygen atoms in total. The van der Waals surface area contributed by atoms with Gasteiger partial charge in [-0.1, -0.05) is 26.0 Å². The third kappa shape index (κ3) is 65.2. The van der Waals surface area contributed by atoms with E-state index in [-0.39, 0.29) is 18.5 Å². The molecule has 33 heteroatoms. The first-order chi connectivity index (χ1) is 12.6. The van der Waals surface area contributed by atoms with E-state index in [1.165, 1.54) is 0 Å². The highest BCUT2D eigenvalue weighted by atomic mass is 32.3. The van der Waals surface area contributed by atoms with Crippen LogP contribution in [0.1, 0.15) is 0 Å². The van der Waals surface area contributed by atoms with Gasteiger partial charge < -0.3 is 18.5 Å². The van der Waals surface area contributed by atoms with Crippen LogP contribution in [0, 0.1) is 0 Å². The summed E-state index contributed by atoms with van der Waals surface area (Å²) in [5.74, 6) is 0. The van der Waals surface area contributed by atoms with Gasteiger partial charge in [-0.3, -0.25) is 27.3 Å². The van der Waals surface area contributed by atoms with Crippen LogP contribution in [0.2, 0.25) is 0 Å². The van der Waals surface area contributed by atoms with Crippen LogP contribution in [0.5, 0.6) is 0 Å². The predicted octanol–water partition coefficient (Wildman–Crippen LogP) is -3.89. The molecule has 210 valence electrons. The molecule has 0 saturated heterocycles. The Morgan fingerprint density at radius 3 is 0.364 bits per heavy atom. The van der Waals surface area contributed by atoms with Crippen LogP contribution < -0.4 is 18.5 Å². The number of hydrogen-bond donors (Lipinski definition) is 9. The van der Waals surface area contributed by atoms with Crippen LogP contribution in [-0.2, 0) is 88.4 Å². The number of hydrogen-bond acceptors (Lipinski definition) is 21. The first-order valence-electron chi connectivity index (χ1n) is 4.60. The van der Waals surface area contributed by atoms with E-state index in [2.05, 4.69) is 26.0 Å². The summed E-state index contributed by atoms with van der Waals surface area (Å²) in [6.45, 7) is 0. The van der Waals surface area contributed by atoms with Crippen molar-refractivity contribution >= 4 is 62.4 Å². The SMILES string of the molecule is N.N.N.O=S(=O)(O)OOS(=O)(=O)O.O=S(=O)(O)OOS(=O)(=O)O.O=S(=O)(O)OOS(=O)(=O)O. The Kier molecular flexibility index (Phi) is 23.0. The molecular formula is H15N3O24S6. The monoisotopic (exact) mass is 633 g/mol. The third-order valence-electron chi connectivity index (χ3n) is 0.599. The fraction of sp³-hybridized carbons (Fsp3) is 0. The van der Waals surface area contributed by atoms with Crippen molar-refractivity contribution in [2.45, 2.75) is 0 Å². The molecule has 0 radical (unpaired) electrons. The summed E-state index contributed by atoms with van der Waals surface area (Å²) >= 11 is 0. The molecule has 0 aromatic carbocycles. The Balaban J connectivity index is -0.0000000792. The Morgan fingerprint density at radius 2 is 0.333 bits per heavy atom. The Labute approximate surface area is 184 Å². The lowest BCUT2D eigenvalue weighted by atomic mass is 14.0. The summed E-state index contributed by atoms with van der Waals surface area (Å²) < 4.78 is 177. The molecule has 33 heavy (non-hydrogen) atoms. The van der Waals surface area contributed by atoms with Crippen molar-refractivity contribution in [3.8, 4) is 0 Å². The predicted molar refractivity (Wildman–Crippen MR) is 90.9 cm³/mol. The highest BCUT2D eigenvalue weighted by Crippen LogP contribution is 1.93. The normalized spacial score (nSPS) is 12.2. The molecule has 0 unspecified atom stereocenters. The zero-order chi connectivity index (χ0) is 25.2. The summed E-state index contributed by atoms with van der Waals surface area (Å²) in [6.07, 6.45) is 0. The second-order valence-corrected chi connectivity index (χ2v) is 8.92. The fourth-order valence-corrected chi connectivity index (χ4v) is 1.90. The van der Waals surface area contributed by atoms with Crippen LogP contribution in [-0.4, -0.2) is 77.8 Å². The molecule has 15 N–H and O–H groups in total. The molecule has 0 aromatic heterocycles. The quantitative estimate of drug-likeness (QED) is 0.0665. The highest BCUT2D eigenvalue weighted by Gasteiger charge is 2.14. The molecule has 0 aromatic rings. The Bertz CT molecular complexity index is 896. The zero-order valence-electron chi connectivity index (χ0n) is 14.6. The zero-order valence-corrected chi connectivity index (χ0v) is 19.5. The molecular weight excluding hydrogens is 618 g/mol. The molecule has 0 aliphatic heterocycles. The van der Waals surface area contributed by atoms with Crippen molar-refractivity contribution in [2.75, 3.05) is 0 Å².